The van der Waals surface area contributed by atoms with Crippen molar-refractivity contribution in [3.05, 3.63) is 33.5 Å². The average Bonchev–Trinajstić information content (AvgIpc) is 2.89. The van der Waals surface area contributed by atoms with Crippen molar-refractivity contribution in [1.82, 2.24) is 20.5 Å². The van der Waals surface area contributed by atoms with Gasteiger partial charge in [-0.25, -0.2) is 4.98 Å². The highest BCUT2D eigenvalue weighted by Gasteiger charge is 2.02. The first kappa shape index (κ1) is 11.3. The van der Waals surface area contributed by atoms with Crippen LogP contribution in [-0.2, 0) is 19.5 Å². The summed E-state index contributed by atoms with van der Waals surface area (Å²) in [4.78, 5) is 5.70. The molecule has 2 heterocycles. The molecule has 0 aliphatic heterocycles. The van der Waals surface area contributed by atoms with Gasteiger partial charge >= 0.3 is 0 Å². The predicted molar refractivity (Wildman–Crippen MR) is 65.4 cm³/mol. The Bertz CT molecular complexity index is 446. The molecule has 0 aromatic carbocycles. The van der Waals surface area contributed by atoms with Gasteiger partial charge in [-0.3, -0.25) is 5.10 Å². The van der Waals surface area contributed by atoms with Gasteiger partial charge in [0.15, 0.2) is 0 Å². The summed E-state index contributed by atoms with van der Waals surface area (Å²) in [6.07, 6.45) is 4.89. The fraction of sp³-hybridized carbons (Fsp3) is 0.455. The van der Waals surface area contributed by atoms with Crippen LogP contribution < -0.4 is 5.32 Å². The van der Waals surface area contributed by atoms with E-state index in [1.54, 1.807) is 11.3 Å². The van der Waals surface area contributed by atoms with Crippen molar-refractivity contribution < 1.29 is 0 Å². The van der Waals surface area contributed by atoms with Crippen LogP contribution in [0.15, 0.2) is 12.4 Å². The van der Waals surface area contributed by atoms with E-state index in [9.17, 15) is 0 Å². The number of aromatic amines is 1. The Hall–Kier alpha value is -1.20. The molecule has 16 heavy (non-hydrogen) atoms. The third-order valence-corrected chi connectivity index (χ3v) is 3.62. The van der Waals surface area contributed by atoms with Crippen molar-refractivity contribution in [3.63, 3.8) is 0 Å². The summed E-state index contributed by atoms with van der Waals surface area (Å²) in [6, 6.07) is 0. The molecule has 5 heteroatoms. The highest BCUT2D eigenvalue weighted by molar-refractivity contribution is 7.11. The zero-order valence-electron chi connectivity index (χ0n) is 9.58. The zero-order chi connectivity index (χ0) is 11.4. The molecule has 0 unspecified atom stereocenters. The van der Waals surface area contributed by atoms with Gasteiger partial charge in [0.1, 0.15) is 5.01 Å². The largest absolute Gasteiger partial charge is 0.306 e. The first-order chi connectivity index (χ1) is 7.79. The van der Waals surface area contributed by atoms with E-state index < -0.39 is 0 Å². The van der Waals surface area contributed by atoms with Crippen LogP contribution >= 0.6 is 11.3 Å². The summed E-state index contributed by atoms with van der Waals surface area (Å²) >= 11 is 1.78. The fourth-order valence-electron chi connectivity index (χ4n) is 1.45. The molecule has 0 saturated heterocycles. The lowest BCUT2D eigenvalue weighted by atomic mass is 10.3. The van der Waals surface area contributed by atoms with Gasteiger partial charge < -0.3 is 5.32 Å². The number of thiazole rings is 1. The topological polar surface area (TPSA) is 53.6 Å². The van der Waals surface area contributed by atoms with Gasteiger partial charge in [0.2, 0.25) is 0 Å². The number of nitrogens with one attached hydrogen (secondary N) is 2. The van der Waals surface area contributed by atoms with Crippen LogP contribution in [0.25, 0.3) is 0 Å². The van der Waals surface area contributed by atoms with E-state index in [0.29, 0.717) is 0 Å². The quantitative estimate of drug-likeness (QED) is 0.835. The van der Waals surface area contributed by atoms with Crippen LogP contribution in [0.2, 0.25) is 0 Å². The maximum Gasteiger partial charge on any atom is 0.107 e. The van der Waals surface area contributed by atoms with Gasteiger partial charge in [-0.15, -0.1) is 11.3 Å². The van der Waals surface area contributed by atoms with Crippen LogP contribution in [0.3, 0.4) is 0 Å². The van der Waals surface area contributed by atoms with Crippen molar-refractivity contribution in [2.45, 2.75) is 33.4 Å². The Kier molecular flexibility index (Phi) is 3.69. The van der Waals surface area contributed by atoms with Crippen molar-refractivity contribution in [2.75, 3.05) is 0 Å². The summed E-state index contributed by atoms with van der Waals surface area (Å²) < 4.78 is 0. The molecule has 0 amide bonds. The smallest absolute Gasteiger partial charge is 0.107 e. The number of hydrogen-bond acceptors (Lipinski definition) is 4. The second kappa shape index (κ2) is 5.23. The standard InChI is InChI=1S/C11H16N4S/c1-3-10-6-13-11(16-10)7-12-4-9-5-14-15-8(9)2/h5-6,12H,3-4,7H2,1-2H3,(H,14,15). The summed E-state index contributed by atoms with van der Waals surface area (Å²) in [7, 11) is 0. The minimum atomic E-state index is 0.829. The Labute approximate surface area is 99.1 Å². The predicted octanol–water partition coefficient (Wildman–Crippen LogP) is 2.03. The lowest BCUT2D eigenvalue weighted by Crippen LogP contribution is -2.12. The molecule has 0 aliphatic carbocycles. The van der Waals surface area contributed by atoms with Crippen molar-refractivity contribution in [3.8, 4) is 0 Å². The van der Waals surface area contributed by atoms with E-state index in [1.165, 1.54) is 10.4 Å². The third kappa shape index (κ3) is 2.68. The molecule has 2 aromatic heterocycles. The third-order valence-electron chi connectivity index (χ3n) is 2.48. The number of aryl methyl sites for hydroxylation is 2. The molecule has 2 aromatic rings. The lowest BCUT2D eigenvalue weighted by molar-refractivity contribution is 0.687. The minimum Gasteiger partial charge on any atom is -0.306 e. The second-order valence-electron chi connectivity index (χ2n) is 3.70. The SMILES string of the molecule is CCc1cnc(CNCc2cn[nH]c2C)s1. The van der Waals surface area contributed by atoms with Crippen molar-refractivity contribution >= 4 is 11.3 Å². The van der Waals surface area contributed by atoms with Gasteiger partial charge in [-0.05, 0) is 13.3 Å². The number of rotatable bonds is 5. The van der Waals surface area contributed by atoms with E-state index in [2.05, 4.69) is 27.4 Å². The van der Waals surface area contributed by atoms with Crippen LogP contribution in [0.5, 0.6) is 0 Å². The van der Waals surface area contributed by atoms with Crippen molar-refractivity contribution in [1.29, 1.82) is 0 Å². The lowest BCUT2D eigenvalue weighted by Gasteiger charge is -2.00. The molecule has 0 spiro atoms. The number of H-pyrrole nitrogens is 1. The molecule has 0 bridgehead atoms. The summed E-state index contributed by atoms with van der Waals surface area (Å²) in [5.41, 5.74) is 2.34. The fourth-order valence-corrected chi connectivity index (χ4v) is 2.28. The Balaban J connectivity index is 1.82. The van der Waals surface area contributed by atoms with Gasteiger partial charge in [0.05, 0.1) is 6.20 Å². The van der Waals surface area contributed by atoms with Crippen LogP contribution in [-0.4, -0.2) is 15.2 Å². The zero-order valence-corrected chi connectivity index (χ0v) is 10.4. The molecular formula is C11H16N4S. The second-order valence-corrected chi connectivity index (χ2v) is 4.90. The summed E-state index contributed by atoms with van der Waals surface area (Å²) in [5.74, 6) is 0. The Morgan fingerprint density at radius 1 is 1.38 bits per heavy atom. The molecule has 86 valence electrons. The van der Waals surface area contributed by atoms with E-state index in [0.717, 1.165) is 30.2 Å². The van der Waals surface area contributed by atoms with Gasteiger partial charge in [-0.2, -0.15) is 5.10 Å². The van der Waals surface area contributed by atoms with Crippen LogP contribution in [0, 0.1) is 6.92 Å². The molecule has 2 rings (SSSR count). The van der Waals surface area contributed by atoms with Crippen molar-refractivity contribution in [2.24, 2.45) is 0 Å². The maximum atomic E-state index is 4.36. The molecular weight excluding hydrogens is 220 g/mol. The minimum absolute atomic E-state index is 0.829. The Morgan fingerprint density at radius 2 is 2.25 bits per heavy atom. The van der Waals surface area contributed by atoms with Crippen LogP contribution in [0.4, 0.5) is 0 Å². The van der Waals surface area contributed by atoms with E-state index in [-0.39, 0.29) is 0 Å². The first-order valence-electron chi connectivity index (χ1n) is 5.42. The first-order valence-corrected chi connectivity index (χ1v) is 6.24. The molecule has 4 nitrogen and oxygen atoms in total. The van der Waals surface area contributed by atoms with Gasteiger partial charge in [0, 0.05) is 35.4 Å². The summed E-state index contributed by atoms with van der Waals surface area (Å²) in [6.45, 7) is 5.85. The van der Waals surface area contributed by atoms with E-state index in [4.69, 9.17) is 0 Å². The van der Waals surface area contributed by atoms with E-state index >= 15 is 0 Å². The monoisotopic (exact) mass is 236 g/mol. The Morgan fingerprint density at radius 3 is 2.88 bits per heavy atom. The average molecular weight is 236 g/mol. The maximum absolute atomic E-state index is 4.36. The number of hydrogen-bond donors (Lipinski definition) is 2. The molecule has 0 aliphatic rings. The molecule has 0 saturated carbocycles. The molecule has 0 radical (unpaired) electrons. The summed E-state index contributed by atoms with van der Waals surface area (Å²) in [5, 5.41) is 11.4. The molecule has 2 N–H and O–H groups in total. The highest BCUT2D eigenvalue weighted by atomic mass is 32.1. The van der Waals surface area contributed by atoms with Gasteiger partial charge in [0.25, 0.3) is 0 Å². The number of nitrogens with zero attached hydrogens (tertiary/aromatic N) is 2. The van der Waals surface area contributed by atoms with Gasteiger partial charge in [-0.1, -0.05) is 6.92 Å². The molecule has 0 atom stereocenters. The number of aromatic nitrogens is 3. The van der Waals surface area contributed by atoms with E-state index in [1.807, 2.05) is 19.3 Å². The van der Waals surface area contributed by atoms with Crippen LogP contribution in [0.1, 0.15) is 28.1 Å². The highest BCUT2D eigenvalue weighted by Crippen LogP contribution is 2.13. The molecule has 0 fully saturated rings. The normalized spacial score (nSPS) is 10.9.